The standard InChI is InChI=1S/C10H10BrFSi/c1-13-9-3-2-6-4-7(11)5-8(12)10(6)9/h4-5,9H,2-3H2,1H3. The van der Waals surface area contributed by atoms with E-state index in [1.807, 2.05) is 0 Å². The van der Waals surface area contributed by atoms with Crippen molar-refractivity contribution in [3.63, 3.8) is 0 Å². The Balaban J connectivity index is 2.51. The molecule has 0 saturated carbocycles. The second-order valence-electron chi connectivity index (χ2n) is 3.34. The second-order valence-corrected chi connectivity index (χ2v) is 5.53. The van der Waals surface area contributed by atoms with Crippen LogP contribution >= 0.6 is 15.9 Å². The summed E-state index contributed by atoms with van der Waals surface area (Å²) >= 11 is 3.32. The van der Waals surface area contributed by atoms with Gasteiger partial charge in [0.25, 0.3) is 0 Å². The minimum Gasteiger partial charge on any atom is -0.207 e. The number of rotatable bonds is 1. The van der Waals surface area contributed by atoms with Crippen molar-refractivity contribution in [3.8, 4) is 0 Å². The van der Waals surface area contributed by atoms with Crippen molar-refractivity contribution in [2.75, 3.05) is 0 Å². The van der Waals surface area contributed by atoms with E-state index in [-0.39, 0.29) is 5.82 Å². The molecule has 1 atom stereocenters. The second kappa shape index (κ2) is 3.54. The van der Waals surface area contributed by atoms with Crippen molar-refractivity contribution in [2.24, 2.45) is 0 Å². The van der Waals surface area contributed by atoms with Crippen LogP contribution in [0.1, 0.15) is 23.1 Å². The maximum absolute atomic E-state index is 13.6. The molecule has 0 aliphatic heterocycles. The van der Waals surface area contributed by atoms with Gasteiger partial charge in [0.2, 0.25) is 0 Å². The molecule has 0 saturated heterocycles. The average Bonchev–Trinajstić information content (AvgIpc) is 2.47. The Labute approximate surface area is 88.5 Å². The van der Waals surface area contributed by atoms with E-state index in [1.165, 1.54) is 5.56 Å². The minimum absolute atomic E-state index is 0.0266. The Bertz CT molecular complexity index is 338. The average molecular weight is 257 g/mol. The van der Waals surface area contributed by atoms with E-state index in [0.717, 1.165) is 32.4 Å². The van der Waals surface area contributed by atoms with Gasteiger partial charge in [-0.2, -0.15) is 0 Å². The molecule has 3 heteroatoms. The fraction of sp³-hybridized carbons (Fsp3) is 0.400. The van der Waals surface area contributed by atoms with Crippen LogP contribution in [0.3, 0.4) is 0 Å². The molecule has 1 unspecified atom stereocenters. The first-order chi connectivity index (χ1) is 6.22. The molecule has 1 aromatic rings. The Kier molecular flexibility index (Phi) is 2.56. The number of aryl methyl sites for hydroxylation is 1. The molecule has 0 aromatic heterocycles. The van der Waals surface area contributed by atoms with E-state index in [2.05, 4.69) is 28.5 Å². The van der Waals surface area contributed by atoms with Crippen molar-refractivity contribution >= 4 is 25.4 Å². The van der Waals surface area contributed by atoms with Crippen molar-refractivity contribution in [3.05, 3.63) is 33.5 Å². The molecule has 0 bridgehead atoms. The maximum Gasteiger partial charge on any atom is 0.127 e. The van der Waals surface area contributed by atoms with E-state index >= 15 is 0 Å². The van der Waals surface area contributed by atoms with Crippen molar-refractivity contribution in [1.29, 1.82) is 0 Å². The van der Waals surface area contributed by atoms with Crippen molar-refractivity contribution in [2.45, 2.75) is 24.9 Å². The van der Waals surface area contributed by atoms with Crippen LogP contribution < -0.4 is 0 Å². The minimum atomic E-state index is -0.0266. The summed E-state index contributed by atoms with van der Waals surface area (Å²) in [6, 6.07) is 3.63. The van der Waals surface area contributed by atoms with E-state index in [1.54, 1.807) is 6.07 Å². The van der Waals surface area contributed by atoms with Crippen LogP contribution in [0.4, 0.5) is 4.39 Å². The SMILES string of the molecule is C[Si]C1CCc2cc(Br)cc(F)c21. The van der Waals surface area contributed by atoms with Crippen LogP contribution in [0.2, 0.25) is 6.55 Å². The highest BCUT2D eigenvalue weighted by atomic mass is 79.9. The van der Waals surface area contributed by atoms with Crippen LogP contribution in [0.5, 0.6) is 0 Å². The zero-order valence-electron chi connectivity index (χ0n) is 7.40. The highest BCUT2D eigenvalue weighted by molar-refractivity contribution is 9.10. The lowest BCUT2D eigenvalue weighted by atomic mass is 10.1. The van der Waals surface area contributed by atoms with Crippen LogP contribution in [-0.2, 0) is 6.42 Å². The summed E-state index contributed by atoms with van der Waals surface area (Å²) in [7, 11) is 0.816. The van der Waals surface area contributed by atoms with E-state index in [9.17, 15) is 4.39 Å². The summed E-state index contributed by atoms with van der Waals surface area (Å²) < 4.78 is 14.4. The molecular formula is C10H10BrFSi. The Hall–Kier alpha value is -0.153. The monoisotopic (exact) mass is 256 g/mol. The summed E-state index contributed by atoms with van der Waals surface area (Å²) in [6.45, 7) is 2.15. The third-order valence-electron chi connectivity index (χ3n) is 2.58. The number of benzene rings is 1. The van der Waals surface area contributed by atoms with Gasteiger partial charge in [-0.05, 0) is 41.6 Å². The van der Waals surface area contributed by atoms with Gasteiger partial charge in [-0.1, -0.05) is 22.5 Å². The van der Waals surface area contributed by atoms with Gasteiger partial charge in [0.15, 0.2) is 0 Å². The Morgan fingerprint density at radius 1 is 1.54 bits per heavy atom. The van der Waals surface area contributed by atoms with Gasteiger partial charge in [0, 0.05) is 14.0 Å². The van der Waals surface area contributed by atoms with Crippen LogP contribution in [0.15, 0.2) is 16.6 Å². The van der Waals surface area contributed by atoms with Gasteiger partial charge in [0.05, 0.1) is 0 Å². The first-order valence-electron chi connectivity index (χ1n) is 4.37. The number of fused-ring (bicyclic) bond motifs is 1. The summed E-state index contributed by atoms with van der Waals surface area (Å²) in [5.41, 5.74) is 2.65. The number of hydrogen-bond acceptors (Lipinski definition) is 0. The lowest BCUT2D eigenvalue weighted by Crippen LogP contribution is -2.02. The lowest BCUT2D eigenvalue weighted by Gasteiger charge is -2.08. The number of halogens is 2. The third kappa shape index (κ3) is 1.59. The quantitative estimate of drug-likeness (QED) is 0.677. The van der Waals surface area contributed by atoms with Gasteiger partial charge in [-0.3, -0.25) is 0 Å². The molecule has 2 radical (unpaired) electrons. The molecular weight excluding hydrogens is 247 g/mol. The van der Waals surface area contributed by atoms with Gasteiger partial charge in [-0.15, -0.1) is 0 Å². The predicted molar refractivity (Wildman–Crippen MR) is 56.8 cm³/mol. The highest BCUT2D eigenvalue weighted by Crippen LogP contribution is 2.35. The van der Waals surface area contributed by atoms with E-state index in [0.29, 0.717) is 5.54 Å². The van der Waals surface area contributed by atoms with Crippen LogP contribution in [-0.4, -0.2) is 9.52 Å². The lowest BCUT2D eigenvalue weighted by molar-refractivity contribution is 0.609. The first-order valence-corrected chi connectivity index (χ1v) is 6.74. The predicted octanol–water partition coefficient (Wildman–Crippen LogP) is 3.33. The molecule has 0 N–H and O–H groups in total. The summed E-state index contributed by atoms with van der Waals surface area (Å²) in [5, 5.41) is 0. The summed E-state index contributed by atoms with van der Waals surface area (Å²) in [5.74, 6) is -0.0266. The Morgan fingerprint density at radius 2 is 2.31 bits per heavy atom. The van der Waals surface area contributed by atoms with E-state index in [4.69, 9.17) is 0 Å². The van der Waals surface area contributed by atoms with Crippen LogP contribution in [0.25, 0.3) is 0 Å². The van der Waals surface area contributed by atoms with Crippen molar-refractivity contribution in [1.82, 2.24) is 0 Å². The molecule has 1 aliphatic rings. The molecule has 13 heavy (non-hydrogen) atoms. The van der Waals surface area contributed by atoms with Gasteiger partial charge in [-0.25, -0.2) is 4.39 Å². The zero-order chi connectivity index (χ0) is 9.42. The maximum atomic E-state index is 13.6. The van der Waals surface area contributed by atoms with Gasteiger partial charge >= 0.3 is 0 Å². The van der Waals surface area contributed by atoms with Gasteiger partial charge in [0.1, 0.15) is 5.82 Å². The normalized spacial score (nSPS) is 20.4. The molecule has 2 rings (SSSR count). The largest absolute Gasteiger partial charge is 0.207 e. The molecule has 0 heterocycles. The summed E-state index contributed by atoms with van der Waals surface area (Å²) in [4.78, 5) is 0. The molecule has 1 aliphatic carbocycles. The fourth-order valence-corrected chi connectivity index (χ4v) is 3.49. The van der Waals surface area contributed by atoms with Crippen molar-refractivity contribution < 1.29 is 4.39 Å². The van der Waals surface area contributed by atoms with Crippen LogP contribution in [0, 0.1) is 5.82 Å². The molecule has 0 amide bonds. The van der Waals surface area contributed by atoms with E-state index < -0.39 is 0 Å². The highest BCUT2D eigenvalue weighted by Gasteiger charge is 2.24. The number of hydrogen-bond donors (Lipinski definition) is 0. The molecule has 68 valence electrons. The zero-order valence-corrected chi connectivity index (χ0v) is 9.99. The molecule has 0 fully saturated rings. The molecule has 0 spiro atoms. The fourth-order valence-electron chi connectivity index (χ4n) is 1.97. The molecule has 1 aromatic carbocycles. The molecule has 0 nitrogen and oxygen atoms in total. The summed E-state index contributed by atoms with van der Waals surface area (Å²) in [6.07, 6.45) is 2.16. The smallest absolute Gasteiger partial charge is 0.127 e. The third-order valence-corrected chi connectivity index (χ3v) is 4.31. The Morgan fingerprint density at radius 3 is 3.00 bits per heavy atom. The topological polar surface area (TPSA) is 0 Å². The first kappa shape index (κ1) is 9.40. The van der Waals surface area contributed by atoms with Gasteiger partial charge < -0.3 is 0 Å².